The van der Waals surface area contributed by atoms with Gasteiger partial charge in [-0.15, -0.1) is 0 Å². The van der Waals surface area contributed by atoms with Gasteiger partial charge in [-0.1, -0.05) is 18.7 Å². The Hall–Kier alpha value is -3.99. The molecule has 0 aliphatic carbocycles. The van der Waals surface area contributed by atoms with Crippen LogP contribution in [0.3, 0.4) is 0 Å². The molecule has 0 spiro atoms. The zero-order valence-corrected chi connectivity index (χ0v) is 17.9. The van der Waals surface area contributed by atoms with E-state index in [2.05, 4.69) is 11.9 Å². The summed E-state index contributed by atoms with van der Waals surface area (Å²) in [5, 5.41) is 13.7. The van der Waals surface area contributed by atoms with E-state index < -0.39 is 17.2 Å². The van der Waals surface area contributed by atoms with Crippen LogP contribution in [0.25, 0.3) is 10.9 Å². The highest BCUT2D eigenvalue weighted by molar-refractivity contribution is 5.94. The number of carbonyl (C=O) groups is 1. The molecule has 3 aromatic rings. The number of amides is 1. The van der Waals surface area contributed by atoms with Crippen molar-refractivity contribution in [2.75, 3.05) is 18.4 Å². The number of piperidine rings is 1. The summed E-state index contributed by atoms with van der Waals surface area (Å²) in [6, 6.07) is 11.7. The highest BCUT2D eigenvalue weighted by atomic mass is 19.1. The second-order valence-electron chi connectivity index (χ2n) is 7.99. The van der Waals surface area contributed by atoms with Gasteiger partial charge in [0.2, 0.25) is 5.91 Å². The molecule has 1 fully saturated rings. The third-order valence-electron chi connectivity index (χ3n) is 5.92. The van der Waals surface area contributed by atoms with E-state index in [1.165, 1.54) is 34.9 Å². The molecule has 1 aromatic heterocycles. The first-order valence-corrected chi connectivity index (χ1v) is 10.6. The summed E-state index contributed by atoms with van der Waals surface area (Å²) in [6.07, 6.45) is 2.54. The Morgan fingerprint density at radius 3 is 2.45 bits per heavy atom. The van der Waals surface area contributed by atoms with Crippen LogP contribution in [-0.2, 0) is 11.3 Å². The lowest BCUT2D eigenvalue weighted by Gasteiger charge is -2.32. The fourth-order valence-electron chi connectivity index (χ4n) is 4.19. The van der Waals surface area contributed by atoms with Crippen LogP contribution in [-0.4, -0.2) is 34.5 Å². The van der Waals surface area contributed by atoms with E-state index in [0.29, 0.717) is 48.1 Å². The SMILES string of the molecule is C=CC(=O)N1CCC(Nc2c(C#N)c(=O)n(Cc3ccc(F)cc3)c3cc(F)ccc23)CC1. The number of nitrogens with one attached hydrogen (secondary N) is 1. The number of aromatic nitrogens is 1. The van der Waals surface area contributed by atoms with E-state index in [9.17, 15) is 23.6 Å². The molecule has 6 nitrogen and oxygen atoms in total. The molecule has 1 aliphatic rings. The minimum absolute atomic E-state index is 0.0634. The molecular weight excluding hydrogens is 426 g/mol. The first kappa shape index (κ1) is 22.2. The summed E-state index contributed by atoms with van der Waals surface area (Å²) in [4.78, 5) is 26.8. The van der Waals surface area contributed by atoms with Crippen LogP contribution >= 0.6 is 0 Å². The zero-order valence-electron chi connectivity index (χ0n) is 17.9. The molecule has 168 valence electrons. The topological polar surface area (TPSA) is 78.1 Å². The molecule has 2 heterocycles. The van der Waals surface area contributed by atoms with Gasteiger partial charge in [-0.2, -0.15) is 5.26 Å². The Morgan fingerprint density at radius 1 is 1.15 bits per heavy atom. The Labute approximate surface area is 189 Å². The van der Waals surface area contributed by atoms with Gasteiger partial charge in [-0.3, -0.25) is 9.59 Å². The molecule has 2 aromatic carbocycles. The Morgan fingerprint density at radius 2 is 1.82 bits per heavy atom. The molecular formula is C25H22F2N4O2. The molecule has 0 unspecified atom stereocenters. The summed E-state index contributed by atoms with van der Waals surface area (Å²) < 4.78 is 28.8. The van der Waals surface area contributed by atoms with Crippen LogP contribution in [0.15, 0.2) is 59.9 Å². The van der Waals surface area contributed by atoms with E-state index in [0.717, 1.165) is 0 Å². The first-order valence-electron chi connectivity index (χ1n) is 10.6. The fourth-order valence-corrected chi connectivity index (χ4v) is 4.19. The van der Waals surface area contributed by atoms with Crippen LogP contribution < -0.4 is 10.9 Å². The number of anilines is 1. The normalized spacial score (nSPS) is 14.2. The van der Waals surface area contributed by atoms with Gasteiger partial charge in [0.05, 0.1) is 17.7 Å². The maximum Gasteiger partial charge on any atom is 0.271 e. The number of benzene rings is 2. The predicted octanol–water partition coefficient (Wildman–Crippen LogP) is 3.79. The first-order chi connectivity index (χ1) is 15.9. The molecule has 1 amide bonds. The summed E-state index contributed by atoms with van der Waals surface area (Å²) in [5.41, 5.74) is 0.724. The van der Waals surface area contributed by atoms with Gasteiger partial charge in [0, 0.05) is 24.5 Å². The second kappa shape index (κ2) is 9.25. The molecule has 8 heteroatoms. The number of halogens is 2. The number of hydrogen-bond donors (Lipinski definition) is 1. The van der Waals surface area contributed by atoms with Gasteiger partial charge in [0.25, 0.3) is 5.56 Å². The van der Waals surface area contributed by atoms with Crippen molar-refractivity contribution in [2.24, 2.45) is 0 Å². The summed E-state index contributed by atoms with van der Waals surface area (Å²) in [5.74, 6) is -1.04. The van der Waals surface area contributed by atoms with E-state index in [4.69, 9.17) is 0 Å². The summed E-state index contributed by atoms with van der Waals surface area (Å²) in [6.45, 7) is 4.63. The van der Waals surface area contributed by atoms with Crippen molar-refractivity contribution in [3.05, 3.63) is 88.2 Å². The van der Waals surface area contributed by atoms with E-state index in [-0.39, 0.29) is 24.1 Å². The average molecular weight is 448 g/mol. The average Bonchev–Trinajstić information content (AvgIpc) is 2.83. The summed E-state index contributed by atoms with van der Waals surface area (Å²) in [7, 11) is 0. The van der Waals surface area contributed by atoms with Gasteiger partial charge < -0.3 is 14.8 Å². The zero-order chi connectivity index (χ0) is 23.5. The van der Waals surface area contributed by atoms with Gasteiger partial charge in [0.15, 0.2) is 0 Å². The lowest BCUT2D eigenvalue weighted by Crippen LogP contribution is -2.42. The fraction of sp³-hybridized carbons (Fsp3) is 0.240. The number of nitrogens with zero attached hydrogens (tertiary/aromatic N) is 3. The van der Waals surface area contributed by atoms with Crippen molar-refractivity contribution in [1.29, 1.82) is 5.26 Å². The van der Waals surface area contributed by atoms with Gasteiger partial charge >= 0.3 is 0 Å². The van der Waals surface area contributed by atoms with Gasteiger partial charge in [0.1, 0.15) is 23.3 Å². The third-order valence-corrected chi connectivity index (χ3v) is 5.92. The van der Waals surface area contributed by atoms with E-state index >= 15 is 0 Å². The number of nitriles is 1. The van der Waals surface area contributed by atoms with Crippen LogP contribution in [0.4, 0.5) is 14.5 Å². The van der Waals surface area contributed by atoms with Gasteiger partial charge in [-0.05, 0) is 54.8 Å². The molecule has 33 heavy (non-hydrogen) atoms. The van der Waals surface area contributed by atoms with Crippen molar-refractivity contribution in [1.82, 2.24) is 9.47 Å². The van der Waals surface area contributed by atoms with Crippen LogP contribution in [0, 0.1) is 23.0 Å². The molecule has 1 aliphatic heterocycles. The van der Waals surface area contributed by atoms with Crippen molar-refractivity contribution in [3.63, 3.8) is 0 Å². The molecule has 0 saturated carbocycles. The largest absolute Gasteiger partial charge is 0.380 e. The molecule has 0 atom stereocenters. The van der Waals surface area contributed by atoms with Crippen LogP contribution in [0.2, 0.25) is 0 Å². The van der Waals surface area contributed by atoms with E-state index in [1.54, 1.807) is 23.1 Å². The highest BCUT2D eigenvalue weighted by Crippen LogP contribution is 2.29. The van der Waals surface area contributed by atoms with Crippen molar-refractivity contribution >= 4 is 22.5 Å². The van der Waals surface area contributed by atoms with Crippen molar-refractivity contribution < 1.29 is 13.6 Å². The molecule has 1 saturated heterocycles. The molecule has 4 rings (SSSR count). The minimum Gasteiger partial charge on any atom is -0.380 e. The highest BCUT2D eigenvalue weighted by Gasteiger charge is 2.24. The lowest BCUT2D eigenvalue weighted by molar-refractivity contribution is -0.126. The number of carbonyl (C=O) groups excluding carboxylic acids is 1. The molecule has 1 N–H and O–H groups in total. The molecule has 0 bridgehead atoms. The number of likely N-dealkylation sites (tertiary alicyclic amines) is 1. The third kappa shape index (κ3) is 4.48. The van der Waals surface area contributed by atoms with Crippen LogP contribution in [0.1, 0.15) is 24.0 Å². The van der Waals surface area contributed by atoms with Crippen LogP contribution in [0.5, 0.6) is 0 Å². The minimum atomic E-state index is -0.554. The maximum atomic E-state index is 14.2. The number of pyridine rings is 1. The number of rotatable bonds is 5. The Balaban J connectivity index is 1.74. The number of fused-ring (bicyclic) bond motifs is 1. The Kier molecular flexibility index (Phi) is 6.22. The molecule has 0 radical (unpaired) electrons. The lowest BCUT2D eigenvalue weighted by atomic mass is 10.0. The van der Waals surface area contributed by atoms with Crippen molar-refractivity contribution in [3.8, 4) is 6.07 Å². The number of hydrogen-bond acceptors (Lipinski definition) is 4. The van der Waals surface area contributed by atoms with Gasteiger partial charge in [-0.25, -0.2) is 8.78 Å². The van der Waals surface area contributed by atoms with Crippen molar-refractivity contribution in [2.45, 2.75) is 25.4 Å². The predicted molar refractivity (Wildman–Crippen MR) is 122 cm³/mol. The standard InChI is InChI=1S/C25H22F2N4O2/c1-2-23(32)30-11-9-19(10-12-30)29-24-20-8-7-18(27)13-22(20)31(25(33)21(24)14-28)15-16-3-5-17(26)6-4-16/h2-8,13,19,29H,1,9-12,15H2. The second-order valence-corrected chi connectivity index (χ2v) is 7.99. The Bertz CT molecular complexity index is 1320. The monoisotopic (exact) mass is 448 g/mol. The smallest absolute Gasteiger partial charge is 0.271 e. The van der Waals surface area contributed by atoms with E-state index in [1.807, 2.05) is 6.07 Å². The summed E-state index contributed by atoms with van der Waals surface area (Å²) >= 11 is 0. The maximum absolute atomic E-state index is 14.2. The quantitative estimate of drug-likeness (QED) is 0.603.